The van der Waals surface area contributed by atoms with Crippen LogP contribution in [0.5, 0.6) is 0 Å². The molecule has 0 spiro atoms. The molecule has 306 valence electrons. The number of aliphatic hydroxyl groups excluding tert-OH is 1. The fourth-order valence-corrected chi connectivity index (χ4v) is 4.64. The van der Waals surface area contributed by atoms with Gasteiger partial charge in [-0.2, -0.15) is 110 Å². The van der Waals surface area contributed by atoms with E-state index in [0.29, 0.717) is 0 Å². The van der Waals surface area contributed by atoms with Crippen molar-refractivity contribution < 1.29 is 133 Å². The molecule has 6 nitrogen and oxygen atoms in total. The molecule has 0 aliphatic rings. The lowest BCUT2D eigenvalue weighted by Gasteiger charge is -2.45. The summed E-state index contributed by atoms with van der Waals surface area (Å²) in [6, 6.07) is 0. The van der Waals surface area contributed by atoms with E-state index in [4.69, 9.17) is 5.11 Å². The Kier molecular flexibility index (Phi) is 12.8. The lowest BCUT2D eigenvalue weighted by Crippen LogP contribution is -2.78. The Morgan fingerprint density at radius 3 is 1.06 bits per heavy atom. The summed E-state index contributed by atoms with van der Waals surface area (Å²) >= 11 is 0. The molecule has 0 radical (unpaired) electrons. The predicted octanol–water partition coefficient (Wildman–Crippen LogP) is 6.38. The van der Waals surface area contributed by atoms with Crippen LogP contribution in [-0.4, -0.2) is 127 Å². The number of sulfone groups is 1. The Hall–Kier alpha value is -2.41. The molecule has 0 heterocycles. The molecule has 51 heavy (non-hydrogen) atoms. The zero-order valence-corrected chi connectivity index (χ0v) is 23.9. The maximum atomic E-state index is 14.0. The Morgan fingerprint density at radius 2 is 0.784 bits per heavy atom. The molecule has 3 N–H and O–H groups in total. The van der Waals surface area contributed by atoms with Crippen molar-refractivity contribution >= 4 is 15.8 Å². The van der Waals surface area contributed by atoms with E-state index in [1.807, 2.05) is 0 Å². The normalized spacial score (nSPS) is 16.7. The number of halogens is 25. The van der Waals surface area contributed by atoms with E-state index in [2.05, 4.69) is 0 Å². The van der Waals surface area contributed by atoms with Gasteiger partial charge in [-0.15, -0.1) is 0 Å². The highest BCUT2D eigenvalue weighted by atomic mass is 32.2. The quantitative estimate of drug-likeness (QED) is 0.131. The van der Waals surface area contributed by atoms with Crippen molar-refractivity contribution in [2.45, 2.75) is 83.8 Å². The molecule has 0 bridgehead atoms. The zero-order valence-electron chi connectivity index (χ0n) is 23.1. The zero-order chi connectivity index (χ0) is 41.9. The van der Waals surface area contributed by atoms with Crippen molar-refractivity contribution in [2.24, 2.45) is 0 Å². The standard InChI is InChI=1S/C19H14F25NO5S/c20-8(21,1-2-51(49,50)5-6(46)3-45-4-7(47)48)9(22,23)10(24,25)11(26,27)12(28,29)13(30,31)14(32,33)15(34,35)16(36,37)17(38,39)18(40,41)19(42,43)44/h6,45-46H,1-5H2,(H,47,48). The molecule has 0 fully saturated rings. The molecular weight excluding hydrogens is 829 g/mol. The van der Waals surface area contributed by atoms with Crippen molar-refractivity contribution in [3.8, 4) is 0 Å². The summed E-state index contributed by atoms with van der Waals surface area (Å²) in [6.45, 7) is -2.12. The topological polar surface area (TPSA) is 104 Å². The Morgan fingerprint density at radius 1 is 0.510 bits per heavy atom. The third kappa shape index (κ3) is 7.53. The van der Waals surface area contributed by atoms with Gasteiger partial charge >= 0.3 is 77.3 Å². The third-order valence-electron chi connectivity index (χ3n) is 6.19. The number of rotatable bonds is 19. The minimum atomic E-state index is -9.72. The first-order chi connectivity index (χ1) is 21.8. The number of carboxylic acid groups (broad SMARTS) is 1. The van der Waals surface area contributed by atoms with Crippen molar-refractivity contribution in [1.29, 1.82) is 0 Å². The molecule has 0 aromatic carbocycles. The number of aliphatic hydroxyl groups is 1. The van der Waals surface area contributed by atoms with Gasteiger partial charge < -0.3 is 15.5 Å². The fraction of sp³-hybridized carbons (Fsp3) is 0.947. The predicted molar refractivity (Wildman–Crippen MR) is 110 cm³/mol. The van der Waals surface area contributed by atoms with Crippen molar-refractivity contribution in [3.63, 3.8) is 0 Å². The van der Waals surface area contributed by atoms with Gasteiger partial charge in [-0.25, -0.2) is 8.42 Å². The number of carboxylic acids is 1. The lowest BCUT2D eigenvalue weighted by molar-refractivity contribution is -0.482. The molecule has 0 saturated carbocycles. The number of hydrogen-bond acceptors (Lipinski definition) is 5. The summed E-state index contributed by atoms with van der Waals surface area (Å²) in [5.74, 6) is -107. The number of aliphatic carboxylic acids is 1. The van der Waals surface area contributed by atoms with Gasteiger partial charge in [-0.1, -0.05) is 0 Å². The van der Waals surface area contributed by atoms with E-state index < -0.39 is 124 Å². The van der Waals surface area contributed by atoms with Crippen LogP contribution in [0.1, 0.15) is 6.42 Å². The first kappa shape index (κ1) is 48.6. The SMILES string of the molecule is O=C(O)CNCC(O)CS(=O)(=O)CCC(F)(F)C(F)(F)C(F)(F)C(F)(F)C(F)(F)C(F)(F)C(F)(F)C(F)(F)C(F)(F)C(F)(F)C(F)(F)C(F)(F)F. The van der Waals surface area contributed by atoms with E-state index >= 15 is 0 Å². The van der Waals surface area contributed by atoms with E-state index in [0.717, 1.165) is 0 Å². The molecule has 0 aliphatic heterocycles. The number of alkyl halides is 25. The molecule has 0 amide bonds. The van der Waals surface area contributed by atoms with E-state index in [9.17, 15) is 128 Å². The maximum absolute atomic E-state index is 14.0. The smallest absolute Gasteiger partial charge is 0.460 e. The summed E-state index contributed by atoms with van der Waals surface area (Å²) in [7, 11) is -5.53. The molecule has 0 aromatic rings. The summed E-state index contributed by atoms with van der Waals surface area (Å²) < 4.78 is 361. The van der Waals surface area contributed by atoms with E-state index in [1.165, 1.54) is 0 Å². The molecule has 32 heteroatoms. The highest BCUT2D eigenvalue weighted by Crippen LogP contribution is 2.67. The van der Waals surface area contributed by atoms with Crippen LogP contribution in [0.2, 0.25) is 0 Å². The van der Waals surface area contributed by atoms with Gasteiger partial charge in [0.05, 0.1) is 24.2 Å². The van der Waals surface area contributed by atoms with Crippen LogP contribution < -0.4 is 5.32 Å². The monoisotopic (exact) mass is 843 g/mol. The average molecular weight is 843 g/mol. The highest BCUT2D eigenvalue weighted by Gasteiger charge is 2.99. The van der Waals surface area contributed by atoms with Gasteiger partial charge in [0.15, 0.2) is 9.84 Å². The second-order valence-electron chi connectivity index (χ2n) is 9.99. The van der Waals surface area contributed by atoms with Gasteiger partial charge in [0, 0.05) is 13.0 Å². The Labute approximate surface area is 263 Å². The van der Waals surface area contributed by atoms with Crippen LogP contribution in [0.25, 0.3) is 0 Å². The minimum Gasteiger partial charge on any atom is -0.480 e. The molecule has 1 atom stereocenters. The second kappa shape index (κ2) is 13.5. The van der Waals surface area contributed by atoms with E-state index in [1.54, 1.807) is 5.32 Å². The van der Waals surface area contributed by atoms with Gasteiger partial charge in [-0.3, -0.25) is 4.79 Å². The summed E-state index contributed by atoms with van der Waals surface area (Å²) in [5, 5.41) is 19.4. The van der Waals surface area contributed by atoms with Crippen LogP contribution >= 0.6 is 0 Å². The first-order valence-electron chi connectivity index (χ1n) is 11.8. The Balaban J connectivity index is 6.89. The van der Waals surface area contributed by atoms with Crippen LogP contribution in [0.4, 0.5) is 110 Å². The summed E-state index contributed by atoms with van der Waals surface area (Å²) in [5.41, 5.74) is 0. The highest BCUT2D eigenvalue weighted by molar-refractivity contribution is 7.91. The van der Waals surface area contributed by atoms with Crippen LogP contribution in [0.3, 0.4) is 0 Å². The first-order valence-corrected chi connectivity index (χ1v) is 13.6. The van der Waals surface area contributed by atoms with Gasteiger partial charge in [0.2, 0.25) is 0 Å². The Bertz CT molecular complexity index is 1360. The van der Waals surface area contributed by atoms with Gasteiger partial charge in [0.1, 0.15) is 0 Å². The van der Waals surface area contributed by atoms with Crippen molar-refractivity contribution in [2.75, 3.05) is 24.6 Å². The van der Waals surface area contributed by atoms with Crippen LogP contribution in [-0.2, 0) is 14.6 Å². The third-order valence-corrected chi connectivity index (χ3v) is 7.91. The molecule has 0 aliphatic carbocycles. The largest absolute Gasteiger partial charge is 0.480 e. The number of hydrogen-bond donors (Lipinski definition) is 3. The summed E-state index contributed by atoms with van der Waals surface area (Å²) in [6.07, 6.45) is -14.1. The van der Waals surface area contributed by atoms with Crippen molar-refractivity contribution in [3.05, 3.63) is 0 Å². The molecule has 0 aromatic heterocycles. The molecular formula is C19H14F25NO5S. The lowest BCUT2D eigenvalue weighted by atomic mass is 9.84. The molecule has 1 unspecified atom stereocenters. The van der Waals surface area contributed by atoms with Gasteiger partial charge in [0.25, 0.3) is 0 Å². The minimum absolute atomic E-state index is 1.04. The van der Waals surface area contributed by atoms with Crippen LogP contribution in [0.15, 0.2) is 0 Å². The number of carbonyl (C=O) groups is 1. The maximum Gasteiger partial charge on any atom is 0.460 e. The molecule has 0 saturated heterocycles. The fourth-order valence-electron chi connectivity index (χ4n) is 3.21. The van der Waals surface area contributed by atoms with Crippen molar-refractivity contribution in [1.82, 2.24) is 5.32 Å². The second-order valence-corrected chi connectivity index (χ2v) is 12.2. The number of nitrogens with one attached hydrogen (secondary N) is 1. The summed E-state index contributed by atoms with van der Waals surface area (Å²) in [4.78, 5) is 10.3. The van der Waals surface area contributed by atoms with E-state index in [-0.39, 0.29) is 0 Å². The van der Waals surface area contributed by atoms with Gasteiger partial charge in [-0.05, 0) is 0 Å². The molecule has 0 rings (SSSR count). The average Bonchev–Trinajstić information content (AvgIpc) is 2.89. The van der Waals surface area contributed by atoms with Crippen LogP contribution in [0, 0.1) is 0 Å².